The summed E-state index contributed by atoms with van der Waals surface area (Å²) in [4.78, 5) is 27.6. The van der Waals surface area contributed by atoms with Crippen molar-refractivity contribution in [1.29, 1.82) is 5.26 Å². The largest absolute Gasteiger partial charge is 0.268 e. The molecule has 3 aromatic rings. The molecule has 0 saturated carbocycles. The van der Waals surface area contributed by atoms with E-state index in [9.17, 15) is 9.59 Å². The fourth-order valence-corrected chi connectivity index (χ4v) is 3.31. The van der Waals surface area contributed by atoms with Gasteiger partial charge in [0.15, 0.2) is 0 Å². The Balaban J connectivity index is 1.88. The van der Waals surface area contributed by atoms with Crippen LogP contribution < -0.4 is 4.90 Å². The number of fused-ring (bicyclic) bond motifs is 1. The Labute approximate surface area is 163 Å². The van der Waals surface area contributed by atoms with Crippen molar-refractivity contribution in [2.45, 2.75) is 6.92 Å². The number of anilines is 1. The van der Waals surface area contributed by atoms with Crippen molar-refractivity contribution in [2.75, 3.05) is 4.90 Å². The highest BCUT2D eigenvalue weighted by molar-refractivity contribution is 6.43. The van der Waals surface area contributed by atoms with Gasteiger partial charge in [0.1, 0.15) is 0 Å². The van der Waals surface area contributed by atoms with E-state index in [4.69, 9.17) is 5.26 Å². The van der Waals surface area contributed by atoms with E-state index in [-0.39, 0.29) is 11.8 Å². The van der Waals surface area contributed by atoms with Crippen molar-refractivity contribution in [2.24, 2.45) is 0 Å². The van der Waals surface area contributed by atoms with E-state index in [1.165, 1.54) is 4.90 Å². The van der Waals surface area contributed by atoms with Gasteiger partial charge >= 0.3 is 0 Å². The van der Waals surface area contributed by atoms with Crippen LogP contribution in [0.4, 0.5) is 5.69 Å². The van der Waals surface area contributed by atoms with E-state index < -0.39 is 0 Å². The first kappa shape index (κ1) is 17.4. The van der Waals surface area contributed by atoms with Gasteiger partial charge in [-0.15, -0.1) is 0 Å². The van der Waals surface area contributed by atoms with E-state index >= 15 is 0 Å². The number of aryl methyl sites for hydroxylation is 1. The summed E-state index contributed by atoms with van der Waals surface area (Å²) in [7, 11) is 0. The zero-order valence-corrected chi connectivity index (χ0v) is 15.2. The van der Waals surface area contributed by atoms with Crippen LogP contribution >= 0.6 is 0 Å². The lowest BCUT2D eigenvalue weighted by Crippen LogP contribution is -2.41. The molecule has 0 aromatic heterocycles. The second-order valence-corrected chi connectivity index (χ2v) is 6.62. The molecule has 0 saturated heterocycles. The minimum atomic E-state index is -0.362. The van der Waals surface area contributed by atoms with E-state index in [1.54, 1.807) is 54.6 Å². The van der Waals surface area contributed by atoms with Crippen LogP contribution in [0.25, 0.3) is 11.6 Å². The van der Waals surface area contributed by atoms with Crippen LogP contribution in [0.15, 0.2) is 72.8 Å². The molecule has 0 unspecified atom stereocenters. The summed E-state index contributed by atoms with van der Waals surface area (Å²) in [5, 5.41) is 8.97. The number of rotatable bonds is 2. The van der Waals surface area contributed by atoms with Crippen molar-refractivity contribution in [3.05, 3.63) is 101 Å². The lowest BCUT2D eigenvalue weighted by molar-refractivity contribution is -0.112. The van der Waals surface area contributed by atoms with Crippen LogP contribution in [0.3, 0.4) is 0 Å². The number of hydrogen-bond acceptors (Lipinski definition) is 3. The molecular formula is C24H16N2O2. The first-order chi connectivity index (χ1) is 13.6. The number of nitriles is 1. The molecule has 4 heteroatoms. The maximum atomic E-state index is 13.3. The van der Waals surface area contributed by atoms with Gasteiger partial charge in [0.25, 0.3) is 11.8 Å². The van der Waals surface area contributed by atoms with Crippen LogP contribution in [0, 0.1) is 18.3 Å². The Morgan fingerprint density at radius 1 is 0.857 bits per heavy atom. The predicted octanol–water partition coefficient (Wildman–Crippen LogP) is 4.59. The summed E-state index contributed by atoms with van der Waals surface area (Å²) in [6.45, 7) is 1.92. The number of carbonyl (C=O) groups is 2. The lowest BCUT2D eigenvalue weighted by Gasteiger charge is -2.29. The van der Waals surface area contributed by atoms with Gasteiger partial charge in [-0.3, -0.25) is 9.59 Å². The predicted molar refractivity (Wildman–Crippen MR) is 108 cm³/mol. The maximum Gasteiger partial charge on any atom is 0.265 e. The molecule has 134 valence electrons. The van der Waals surface area contributed by atoms with E-state index in [0.29, 0.717) is 28.0 Å². The van der Waals surface area contributed by atoms with Crippen LogP contribution in [0.1, 0.15) is 32.6 Å². The fraction of sp³-hybridized carbons (Fsp3) is 0.0417. The molecule has 28 heavy (non-hydrogen) atoms. The number of hydrogen-bond donors (Lipinski definition) is 0. The standard InChI is InChI=1S/C24H16N2O2/c1-16-5-4-6-19(13-16)26-23(27)21-8-3-2-7-20(21)22(24(26)28)14-17-9-11-18(15-25)12-10-17/h2-14H,1H3/b22-14+. The topological polar surface area (TPSA) is 61.2 Å². The molecule has 0 atom stereocenters. The number of carbonyl (C=O) groups excluding carboxylic acids is 2. The van der Waals surface area contributed by atoms with Crippen LogP contribution in [0.2, 0.25) is 0 Å². The summed E-state index contributed by atoms with van der Waals surface area (Å²) in [5.74, 6) is -0.693. The van der Waals surface area contributed by atoms with Gasteiger partial charge in [-0.2, -0.15) is 5.26 Å². The smallest absolute Gasteiger partial charge is 0.265 e. The molecule has 1 aliphatic rings. The zero-order chi connectivity index (χ0) is 19.7. The molecule has 2 amide bonds. The maximum absolute atomic E-state index is 13.3. The molecule has 0 radical (unpaired) electrons. The zero-order valence-electron chi connectivity index (χ0n) is 15.2. The monoisotopic (exact) mass is 364 g/mol. The number of benzene rings is 3. The molecule has 4 rings (SSSR count). The normalized spacial score (nSPS) is 14.7. The molecule has 0 bridgehead atoms. The van der Waals surface area contributed by atoms with Crippen molar-refractivity contribution < 1.29 is 9.59 Å². The summed E-state index contributed by atoms with van der Waals surface area (Å²) in [6.07, 6.45) is 1.76. The van der Waals surface area contributed by atoms with Gasteiger partial charge in [-0.05, 0) is 60.0 Å². The summed E-state index contributed by atoms with van der Waals surface area (Å²) in [5.41, 5.74) is 4.41. The molecule has 3 aromatic carbocycles. The third kappa shape index (κ3) is 3.00. The minimum absolute atomic E-state index is 0.330. The second kappa shape index (κ2) is 6.98. The Hall–Kier alpha value is -3.97. The molecule has 1 aliphatic heterocycles. The van der Waals surface area contributed by atoms with Crippen molar-refractivity contribution in [3.8, 4) is 6.07 Å². The second-order valence-electron chi connectivity index (χ2n) is 6.62. The average molecular weight is 364 g/mol. The summed E-state index contributed by atoms with van der Waals surface area (Å²) in [6, 6.07) is 23.5. The van der Waals surface area contributed by atoms with Gasteiger partial charge < -0.3 is 0 Å². The fourth-order valence-electron chi connectivity index (χ4n) is 3.31. The Bertz CT molecular complexity index is 1170. The third-order valence-electron chi connectivity index (χ3n) is 4.69. The average Bonchev–Trinajstić information content (AvgIpc) is 2.72. The number of amides is 2. The molecule has 0 aliphatic carbocycles. The van der Waals surface area contributed by atoms with Crippen molar-refractivity contribution in [3.63, 3.8) is 0 Å². The van der Waals surface area contributed by atoms with Crippen LogP contribution in [-0.4, -0.2) is 11.8 Å². The lowest BCUT2D eigenvalue weighted by atomic mass is 9.91. The van der Waals surface area contributed by atoms with Crippen LogP contribution in [-0.2, 0) is 4.79 Å². The summed E-state index contributed by atoms with van der Waals surface area (Å²) >= 11 is 0. The van der Waals surface area contributed by atoms with Gasteiger partial charge in [-0.1, -0.05) is 42.5 Å². The molecular weight excluding hydrogens is 348 g/mol. The highest BCUT2D eigenvalue weighted by atomic mass is 16.2. The van der Waals surface area contributed by atoms with Crippen LogP contribution in [0.5, 0.6) is 0 Å². The quantitative estimate of drug-likeness (QED) is 0.493. The highest BCUT2D eigenvalue weighted by Crippen LogP contribution is 2.33. The van der Waals surface area contributed by atoms with E-state index in [0.717, 1.165) is 11.1 Å². The van der Waals surface area contributed by atoms with Gasteiger partial charge in [0.05, 0.1) is 17.3 Å². The Morgan fingerprint density at radius 3 is 2.25 bits per heavy atom. The molecule has 1 heterocycles. The number of imide groups is 1. The SMILES string of the molecule is Cc1cccc(N2C(=O)/C(=C/c3ccc(C#N)cc3)c3ccccc3C2=O)c1. The first-order valence-electron chi connectivity index (χ1n) is 8.85. The first-order valence-corrected chi connectivity index (χ1v) is 8.85. The molecule has 0 fully saturated rings. The van der Waals surface area contributed by atoms with Crippen molar-refractivity contribution in [1.82, 2.24) is 0 Å². The van der Waals surface area contributed by atoms with E-state index in [2.05, 4.69) is 6.07 Å². The van der Waals surface area contributed by atoms with Gasteiger partial charge in [-0.25, -0.2) is 4.90 Å². The molecule has 4 nitrogen and oxygen atoms in total. The Morgan fingerprint density at radius 2 is 1.57 bits per heavy atom. The molecule has 0 spiro atoms. The van der Waals surface area contributed by atoms with Crippen molar-refractivity contribution >= 4 is 29.2 Å². The molecule has 0 N–H and O–H groups in total. The number of nitrogens with zero attached hydrogens (tertiary/aromatic N) is 2. The van der Waals surface area contributed by atoms with E-state index in [1.807, 2.05) is 31.2 Å². The van der Waals surface area contributed by atoms with Gasteiger partial charge in [0.2, 0.25) is 0 Å². The third-order valence-corrected chi connectivity index (χ3v) is 4.69. The Kier molecular flexibility index (Phi) is 4.35. The highest BCUT2D eigenvalue weighted by Gasteiger charge is 2.35. The minimum Gasteiger partial charge on any atom is -0.268 e. The van der Waals surface area contributed by atoms with Gasteiger partial charge in [0, 0.05) is 11.1 Å². The summed E-state index contributed by atoms with van der Waals surface area (Å²) < 4.78 is 0.